The van der Waals surface area contributed by atoms with Gasteiger partial charge in [-0.15, -0.1) is 0 Å². The Morgan fingerprint density at radius 1 is 1.12 bits per heavy atom. The fourth-order valence-electron chi connectivity index (χ4n) is 5.22. The zero-order valence-electron chi connectivity index (χ0n) is 22.6. The number of ketones is 1. The molecule has 1 saturated heterocycles. The SMILES string of the molecule is C=CCOc1ccc([C@H]2/C(=C(\O)c3ccc4c(c3)C[C@@H](C)O4)C(=O)C(=O)N2c2nc3ccc(OCC)cc3s2)cc1. The lowest BCUT2D eigenvalue weighted by molar-refractivity contribution is -0.132. The summed E-state index contributed by atoms with van der Waals surface area (Å²) in [6.45, 7) is 8.41. The molecule has 6 rings (SSSR count). The molecule has 9 heteroatoms. The summed E-state index contributed by atoms with van der Waals surface area (Å²) >= 11 is 1.28. The molecule has 3 heterocycles. The predicted molar refractivity (Wildman–Crippen MR) is 158 cm³/mol. The van der Waals surface area contributed by atoms with Gasteiger partial charge in [-0.2, -0.15) is 0 Å². The van der Waals surface area contributed by atoms with Crippen molar-refractivity contribution < 1.29 is 28.9 Å². The highest BCUT2D eigenvalue weighted by Crippen LogP contribution is 2.45. The number of rotatable bonds is 8. The van der Waals surface area contributed by atoms with Gasteiger partial charge in [-0.25, -0.2) is 4.98 Å². The van der Waals surface area contributed by atoms with Crippen molar-refractivity contribution in [3.63, 3.8) is 0 Å². The third-order valence-electron chi connectivity index (χ3n) is 7.04. The third-order valence-corrected chi connectivity index (χ3v) is 8.06. The topological polar surface area (TPSA) is 98.2 Å². The molecule has 1 amide bonds. The minimum Gasteiger partial charge on any atom is -0.507 e. The van der Waals surface area contributed by atoms with E-state index in [0.29, 0.717) is 52.9 Å². The molecule has 0 saturated carbocycles. The number of anilines is 1. The van der Waals surface area contributed by atoms with E-state index in [1.807, 2.05) is 38.1 Å². The summed E-state index contributed by atoms with van der Waals surface area (Å²) in [5.41, 5.74) is 2.68. The van der Waals surface area contributed by atoms with Crippen LogP contribution in [0.5, 0.6) is 17.2 Å². The fourth-order valence-corrected chi connectivity index (χ4v) is 6.24. The zero-order chi connectivity index (χ0) is 28.7. The zero-order valence-corrected chi connectivity index (χ0v) is 23.4. The Labute approximate surface area is 241 Å². The molecule has 8 nitrogen and oxygen atoms in total. The molecule has 0 aliphatic carbocycles. The van der Waals surface area contributed by atoms with Gasteiger partial charge in [0.1, 0.15) is 35.7 Å². The largest absolute Gasteiger partial charge is 0.507 e. The molecule has 2 atom stereocenters. The van der Waals surface area contributed by atoms with E-state index in [2.05, 4.69) is 6.58 Å². The average molecular weight is 569 g/mol. The van der Waals surface area contributed by atoms with Gasteiger partial charge in [0.25, 0.3) is 5.78 Å². The van der Waals surface area contributed by atoms with Crippen molar-refractivity contribution in [1.82, 2.24) is 4.98 Å². The maximum absolute atomic E-state index is 13.6. The summed E-state index contributed by atoms with van der Waals surface area (Å²) in [5.74, 6) is 0.275. The molecule has 4 aromatic rings. The van der Waals surface area contributed by atoms with Gasteiger partial charge in [0, 0.05) is 12.0 Å². The molecular weight excluding hydrogens is 540 g/mol. The van der Waals surface area contributed by atoms with Gasteiger partial charge < -0.3 is 19.3 Å². The van der Waals surface area contributed by atoms with Crippen LogP contribution in [0, 0.1) is 0 Å². The van der Waals surface area contributed by atoms with Gasteiger partial charge in [0.05, 0.1) is 28.4 Å². The Kier molecular flexibility index (Phi) is 6.96. The van der Waals surface area contributed by atoms with Crippen LogP contribution in [0.25, 0.3) is 16.0 Å². The maximum atomic E-state index is 13.6. The minimum absolute atomic E-state index is 0.00376. The number of fused-ring (bicyclic) bond motifs is 2. The van der Waals surface area contributed by atoms with E-state index < -0.39 is 17.7 Å². The molecule has 208 valence electrons. The van der Waals surface area contributed by atoms with Crippen LogP contribution in [0.2, 0.25) is 0 Å². The molecule has 41 heavy (non-hydrogen) atoms. The Bertz CT molecular complexity index is 1710. The van der Waals surface area contributed by atoms with Crippen molar-refractivity contribution in [3.8, 4) is 17.2 Å². The molecule has 0 bridgehead atoms. The molecular formula is C32H28N2O6S. The van der Waals surface area contributed by atoms with Crippen molar-refractivity contribution in [2.45, 2.75) is 32.4 Å². The average Bonchev–Trinajstić information content (AvgIpc) is 3.64. The number of carbonyl (C=O) groups is 2. The summed E-state index contributed by atoms with van der Waals surface area (Å²) in [7, 11) is 0. The number of amides is 1. The summed E-state index contributed by atoms with van der Waals surface area (Å²) in [4.78, 5) is 33.3. The van der Waals surface area contributed by atoms with Gasteiger partial charge in [-0.1, -0.05) is 36.1 Å². The number of aliphatic hydroxyl groups excluding tert-OH is 1. The van der Waals surface area contributed by atoms with E-state index >= 15 is 0 Å². The number of aliphatic hydroxyl groups is 1. The second-order valence-electron chi connectivity index (χ2n) is 9.85. The monoisotopic (exact) mass is 568 g/mol. The number of aromatic nitrogens is 1. The standard InChI is InChI=1S/C32H28N2O6S/c1-4-14-39-22-9-6-19(7-10-22)28-27(29(35)20-8-13-25-21(16-20)15-18(3)40-25)30(36)31(37)34(28)32-33-24-12-11-23(38-5-2)17-26(24)41-32/h4,6-13,16-18,28,35H,1,5,14-15H2,2-3H3/b29-27+/t18-,28+/m1/s1. The molecule has 1 fully saturated rings. The first-order valence-corrected chi connectivity index (χ1v) is 14.2. The van der Waals surface area contributed by atoms with Gasteiger partial charge in [-0.3, -0.25) is 14.5 Å². The number of nitrogens with zero attached hydrogens (tertiary/aromatic N) is 2. The first-order valence-electron chi connectivity index (χ1n) is 13.4. The van der Waals surface area contributed by atoms with Crippen LogP contribution >= 0.6 is 11.3 Å². The Morgan fingerprint density at radius 3 is 2.66 bits per heavy atom. The van der Waals surface area contributed by atoms with Crippen LogP contribution in [0.4, 0.5) is 5.13 Å². The van der Waals surface area contributed by atoms with E-state index in [9.17, 15) is 14.7 Å². The predicted octanol–water partition coefficient (Wildman–Crippen LogP) is 6.21. The second-order valence-corrected chi connectivity index (χ2v) is 10.9. The lowest BCUT2D eigenvalue weighted by Gasteiger charge is -2.23. The van der Waals surface area contributed by atoms with Gasteiger partial charge in [0.15, 0.2) is 5.13 Å². The van der Waals surface area contributed by atoms with Crippen molar-refractivity contribution in [1.29, 1.82) is 0 Å². The van der Waals surface area contributed by atoms with Crippen LogP contribution in [0.15, 0.2) is 78.9 Å². The van der Waals surface area contributed by atoms with Crippen LogP contribution < -0.4 is 19.1 Å². The maximum Gasteiger partial charge on any atom is 0.301 e. The number of hydrogen-bond donors (Lipinski definition) is 1. The van der Waals surface area contributed by atoms with Crippen LogP contribution in [0.1, 0.15) is 36.6 Å². The first-order chi connectivity index (χ1) is 19.9. The molecule has 1 aromatic heterocycles. The Morgan fingerprint density at radius 2 is 1.90 bits per heavy atom. The number of carbonyl (C=O) groups excluding carboxylic acids is 2. The van der Waals surface area contributed by atoms with Crippen molar-refractivity contribution >= 4 is 44.1 Å². The normalized spacial score (nSPS) is 19.3. The summed E-state index contributed by atoms with van der Waals surface area (Å²) in [5, 5.41) is 11.9. The van der Waals surface area contributed by atoms with Crippen LogP contribution in [-0.2, 0) is 16.0 Å². The number of Topliss-reactive ketones (excluding diaryl/α,β-unsaturated/α-hetero) is 1. The van der Waals surface area contributed by atoms with E-state index in [4.69, 9.17) is 19.2 Å². The van der Waals surface area contributed by atoms with Crippen LogP contribution in [0.3, 0.4) is 0 Å². The van der Waals surface area contributed by atoms with Gasteiger partial charge in [0.2, 0.25) is 0 Å². The van der Waals surface area contributed by atoms with E-state index in [0.717, 1.165) is 16.0 Å². The lowest BCUT2D eigenvalue weighted by atomic mass is 9.94. The third kappa shape index (κ3) is 4.82. The molecule has 0 unspecified atom stereocenters. The fraction of sp³-hybridized carbons (Fsp3) is 0.219. The molecule has 0 radical (unpaired) electrons. The van der Waals surface area contributed by atoms with Gasteiger partial charge >= 0.3 is 5.91 Å². The Hall–Kier alpha value is -4.63. The Balaban J connectivity index is 1.48. The van der Waals surface area contributed by atoms with Crippen molar-refractivity contribution in [3.05, 3.63) is 95.6 Å². The quantitative estimate of drug-likeness (QED) is 0.117. The molecule has 2 aliphatic rings. The summed E-state index contributed by atoms with van der Waals surface area (Å²) < 4.78 is 17.9. The number of benzene rings is 3. The van der Waals surface area contributed by atoms with Gasteiger partial charge in [-0.05, 0) is 73.5 Å². The molecule has 2 aliphatic heterocycles. The second kappa shape index (κ2) is 10.7. The summed E-state index contributed by atoms with van der Waals surface area (Å²) in [6.07, 6.45) is 2.36. The number of thiazole rings is 1. The first kappa shape index (κ1) is 26.6. The molecule has 0 spiro atoms. The summed E-state index contributed by atoms with van der Waals surface area (Å²) in [6, 6.07) is 17.0. The van der Waals surface area contributed by atoms with Crippen molar-refractivity contribution in [2.24, 2.45) is 0 Å². The highest BCUT2D eigenvalue weighted by Gasteiger charge is 2.48. The number of hydrogen-bond acceptors (Lipinski definition) is 8. The van der Waals surface area contributed by atoms with Crippen LogP contribution in [-0.4, -0.2) is 41.1 Å². The van der Waals surface area contributed by atoms with E-state index in [1.165, 1.54) is 16.2 Å². The smallest absolute Gasteiger partial charge is 0.301 e. The minimum atomic E-state index is -0.904. The lowest BCUT2D eigenvalue weighted by Crippen LogP contribution is -2.29. The highest BCUT2D eigenvalue weighted by atomic mass is 32.1. The van der Waals surface area contributed by atoms with E-state index in [1.54, 1.807) is 42.5 Å². The van der Waals surface area contributed by atoms with Crippen molar-refractivity contribution in [2.75, 3.05) is 18.1 Å². The van der Waals surface area contributed by atoms with E-state index in [-0.39, 0.29) is 17.4 Å². The molecule has 1 N–H and O–H groups in total. The number of ether oxygens (including phenoxy) is 3. The molecule has 3 aromatic carbocycles. The highest BCUT2D eigenvalue weighted by molar-refractivity contribution is 7.22.